The van der Waals surface area contributed by atoms with Gasteiger partial charge in [0.2, 0.25) is 0 Å². The van der Waals surface area contributed by atoms with Gasteiger partial charge in [-0.25, -0.2) is 0 Å². The normalized spacial score (nSPS) is 14.0. The first-order valence-electron chi connectivity index (χ1n) is 7.12. The molecule has 2 atom stereocenters. The highest BCUT2D eigenvalue weighted by Crippen LogP contribution is 2.18. The average molecular weight is 273 g/mol. The lowest BCUT2D eigenvalue weighted by Gasteiger charge is -2.10. The lowest BCUT2D eigenvalue weighted by atomic mass is 10.1. The SMILES string of the molecule is CCC(C)n1ccc(COc2cccc([C@H](C)N)c2)n1. The summed E-state index contributed by atoms with van der Waals surface area (Å²) in [6, 6.07) is 10.3. The van der Waals surface area contributed by atoms with Gasteiger partial charge in [0.15, 0.2) is 0 Å². The van der Waals surface area contributed by atoms with Crippen molar-refractivity contribution in [1.29, 1.82) is 0 Å². The maximum atomic E-state index is 5.87. The molecule has 0 saturated heterocycles. The number of rotatable bonds is 6. The van der Waals surface area contributed by atoms with Crippen LogP contribution in [0.1, 0.15) is 50.5 Å². The van der Waals surface area contributed by atoms with Crippen LogP contribution in [0, 0.1) is 0 Å². The summed E-state index contributed by atoms with van der Waals surface area (Å²) in [7, 11) is 0. The predicted octanol–water partition coefficient (Wildman–Crippen LogP) is 3.45. The summed E-state index contributed by atoms with van der Waals surface area (Å²) in [6.45, 7) is 6.75. The van der Waals surface area contributed by atoms with Crippen molar-refractivity contribution in [2.24, 2.45) is 5.73 Å². The van der Waals surface area contributed by atoms with Crippen LogP contribution in [0.4, 0.5) is 0 Å². The van der Waals surface area contributed by atoms with Gasteiger partial charge in [-0.2, -0.15) is 5.10 Å². The zero-order valence-corrected chi connectivity index (χ0v) is 12.4. The summed E-state index contributed by atoms with van der Waals surface area (Å²) >= 11 is 0. The average Bonchev–Trinajstić information content (AvgIpc) is 2.93. The van der Waals surface area contributed by atoms with E-state index in [-0.39, 0.29) is 6.04 Å². The Kier molecular flexibility index (Phi) is 4.79. The van der Waals surface area contributed by atoms with Crippen LogP contribution in [0.25, 0.3) is 0 Å². The van der Waals surface area contributed by atoms with Gasteiger partial charge in [0.1, 0.15) is 12.4 Å². The Hall–Kier alpha value is -1.81. The zero-order valence-electron chi connectivity index (χ0n) is 12.4. The molecular formula is C16H23N3O. The van der Waals surface area contributed by atoms with Crippen LogP contribution in [0.15, 0.2) is 36.5 Å². The van der Waals surface area contributed by atoms with Crippen LogP contribution in [0.3, 0.4) is 0 Å². The topological polar surface area (TPSA) is 53.1 Å². The first-order valence-corrected chi connectivity index (χ1v) is 7.12. The molecule has 20 heavy (non-hydrogen) atoms. The van der Waals surface area contributed by atoms with Crippen LogP contribution in [-0.4, -0.2) is 9.78 Å². The van der Waals surface area contributed by atoms with E-state index in [4.69, 9.17) is 10.5 Å². The summed E-state index contributed by atoms with van der Waals surface area (Å²) in [5.74, 6) is 0.831. The minimum atomic E-state index is 0.0168. The summed E-state index contributed by atoms with van der Waals surface area (Å²) in [6.07, 6.45) is 3.07. The van der Waals surface area contributed by atoms with E-state index in [9.17, 15) is 0 Å². The molecule has 0 fully saturated rings. The molecular weight excluding hydrogens is 250 g/mol. The Labute approximate surface area is 120 Å². The maximum Gasteiger partial charge on any atom is 0.132 e. The van der Waals surface area contributed by atoms with E-state index in [0.717, 1.165) is 23.4 Å². The molecule has 2 N–H and O–H groups in total. The minimum Gasteiger partial charge on any atom is -0.487 e. The van der Waals surface area contributed by atoms with Gasteiger partial charge in [-0.05, 0) is 44.0 Å². The van der Waals surface area contributed by atoms with Crippen LogP contribution in [0.5, 0.6) is 5.75 Å². The maximum absolute atomic E-state index is 5.87. The van der Waals surface area contributed by atoms with Crippen molar-refractivity contribution in [2.45, 2.75) is 45.9 Å². The molecule has 0 aliphatic heterocycles. The molecule has 0 aliphatic carbocycles. The second-order valence-corrected chi connectivity index (χ2v) is 5.19. The number of hydrogen-bond donors (Lipinski definition) is 1. The molecule has 1 heterocycles. The zero-order chi connectivity index (χ0) is 14.5. The van der Waals surface area contributed by atoms with E-state index in [1.807, 2.05) is 48.1 Å². The highest BCUT2D eigenvalue weighted by Gasteiger charge is 2.06. The van der Waals surface area contributed by atoms with Crippen molar-refractivity contribution in [2.75, 3.05) is 0 Å². The number of nitrogens with two attached hydrogens (primary N) is 1. The van der Waals surface area contributed by atoms with Crippen molar-refractivity contribution in [3.05, 3.63) is 47.8 Å². The van der Waals surface area contributed by atoms with Gasteiger partial charge in [-0.1, -0.05) is 19.1 Å². The molecule has 0 bridgehead atoms. The van der Waals surface area contributed by atoms with Crippen LogP contribution < -0.4 is 10.5 Å². The van der Waals surface area contributed by atoms with Crippen molar-refractivity contribution < 1.29 is 4.74 Å². The molecule has 1 unspecified atom stereocenters. The van der Waals surface area contributed by atoms with Gasteiger partial charge in [-0.15, -0.1) is 0 Å². The van der Waals surface area contributed by atoms with E-state index in [1.54, 1.807) is 0 Å². The number of hydrogen-bond acceptors (Lipinski definition) is 3. The molecule has 0 saturated carbocycles. The lowest BCUT2D eigenvalue weighted by molar-refractivity contribution is 0.297. The molecule has 0 aliphatic rings. The van der Waals surface area contributed by atoms with Crippen molar-refractivity contribution in [3.63, 3.8) is 0 Å². The molecule has 4 nitrogen and oxygen atoms in total. The van der Waals surface area contributed by atoms with E-state index in [1.165, 1.54) is 0 Å². The van der Waals surface area contributed by atoms with Gasteiger partial charge >= 0.3 is 0 Å². The third-order valence-corrected chi connectivity index (χ3v) is 3.48. The number of ether oxygens (including phenoxy) is 1. The highest BCUT2D eigenvalue weighted by atomic mass is 16.5. The number of aromatic nitrogens is 2. The molecule has 4 heteroatoms. The van der Waals surface area contributed by atoms with Gasteiger partial charge in [-0.3, -0.25) is 4.68 Å². The standard InChI is InChI=1S/C16H23N3O/c1-4-12(2)19-9-8-15(18-19)11-20-16-7-5-6-14(10-16)13(3)17/h5-10,12-13H,4,11,17H2,1-3H3/t12?,13-/m0/s1. The molecule has 2 aromatic rings. The third-order valence-electron chi connectivity index (χ3n) is 3.48. The van der Waals surface area contributed by atoms with E-state index < -0.39 is 0 Å². The molecule has 1 aromatic heterocycles. The Morgan fingerprint density at radius 3 is 2.80 bits per heavy atom. The molecule has 0 radical (unpaired) electrons. The van der Waals surface area contributed by atoms with Gasteiger partial charge in [0.05, 0.1) is 5.69 Å². The second-order valence-electron chi connectivity index (χ2n) is 5.19. The summed E-state index contributed by atoms with van der Waals surface area (Å²) in [5.41, 5.74) is 7.89. The number of nitrogens with zero attached hydrogens (tertiary/aromatic N) is 2. The summed E-state index contributed by atoms with van der Waals surface area (Å²) < 4.78 is 7.76. The van der Waals surface area contributed by atoms with Crippen LogP contribution in [0.2, 0.25) is 0 Å². The first-order chi connectivity index (χ1) is 9.60. The quantitative estimate of drug-likeness (QED) is 0.877. The third kappa shape index (κ3) is 3.61. The fraction of sp³-hybridized carbons (Fsp3) is 0.438. The Balaban J connectivity index is 1.98. The van der Waals surface area contributed by atoms with Gasteiger partial charge in [0.25, 0.3) is 0 Å². The van der Waals surface area contributed by atoms with Gasteiger partial charge in [0, 0.05) is 18.3 Å². The molecule has 108 valence electrons. The number of benzene rings is 1. The van der Waals surface area contributed by atoms with E-state index >= 15 is 0 Å². The Morgan fingerprint density at radius 2 is 2.10 bits per heavy atom. The first kappa shape index (κ1) is 14.6. The Bertz CT molecular complexity index is 548. The molecule has 1 aromatic carbocycles. The Morgan fingerprint density at radius 1 is 1.30 bits per heavy atom. The van der Waals surface area contributed by atoms with E-state index in [2.05, 4.69) is 18.9 Å². The molecule has 2 rings (SSSR count). The lowest BCUT2D eigenvalue weighted by Crippen LogP contribution is -2.06. The largest absolute Gasteiger partial charge is 0.487 e. The van der Waals surface area contributed by atoms with Crippen molar-refractivity contribution in [3.8, 4) is 5.75 Å². The second kappa shape index (κ2) is 6.57. The fourth-order valence-corrected chi connectivity index (χ4v) is 1.93. The predicted molar refractivity (Wildman–Crippen MR) is 80.6 cm³/mol. The summed E-state index contributed by atoms with van der Waals surface area (Å²) in [5, 5.41) is 4.52. The smallest absolute Gasteiger partial charge is 0.132 e. The van der Waals surface area contributed by atoms with E-state index in [0.29, 0.717) is 12.6 Å². The molecule has 0 spiro atoms. The fourth-order valence-electron chi connectivity index (χ4n) is 1.93. The molecule has 0 amide bonds. The van der Waals surface area contributed by atoms with Crippen LogP contribution >= 0.6 is 0 Å². The van der Waals surface area contributed by atoms with Crippen molar-refractivity contribution >= 4 is 0 Å². The van der Waals surface area contributed by atoms with Gasteiger partial charge < -0.3 is 10.5 Å². The minimum absolute atomic E-state index is 0.0168. The van der Waals surface area contributed by atoms with Crippen LogP contribution in [-0.2, 0) is 6.61 Å². The monoisotopic (exact) mass is 273 g/mol. The summed E-state index contributed by atoms with van der Waals surface area (Å²) in [4.78, 5) is 0. The van der Waals surface area contributed by atoms with Crippen molar-refractivity contribution in [1.82, 2.24) is 9.78 Å². The highest BCUT2D eigenvalue weighted by molar-refractivity contribution is 5.30.